The summed E-state index contributed by atoms with van der Waals surface area (Å²) in [5.41, 5.74) is 5.30. The van der Waals surface area contributed by atoms with Crippen LogP contribution >= 0.6 is 0 Å². The first-order valence-electron chi connectivity index (χ1n) is 11.2. The van der Waals surface area contributed by atoms with E-state index in [2.05, 4.69) is 160 Å². The van der Waals surface area contributed by atoms with Crippen molar-refractivity contribution in [3.63, 3.8) is 0 Å². The highest BCUT2D eigenvalue weighted by Gasteiger charge is 2.56. The van der Waals surface area contributed by atoms with Crippen LogP contribution in [0.2, 0.25) is 0 Å². The van der Waals surface area contributed by atoms with E-state index in [1.54, 1.807) is 0 Å². The number of benzene rings is 3. The Labute approximate surface area is 193 Å². The van der Waals surface area contributed by atoms with Gasteiger partial charge in [-0.1, -0.05) is 71.4 Å². The maximum atomic E-state index is 2.40. The summed E-state index contributed by atoms with van der Waals surface area (Å²) in [6.45, 7) is 0. The third-order valence-electron chi connectivity index (χ3n) is 6.32. The van der Waals surface area contributed by atoms with Crippen molar-refractivity contribution in [1.29, 1.82) is 0 Å². The molecule has 6 rings (SSSR count). The minimum absolute atomic E-state index is 0.615. The minimum Gasteiger partial charge on any atom is -0.284 e. The fraction of sp³-hybridized carbons (Fsp3) is 0.0333. The summed E-state index contributed by atoms with van der Waals surface area (Å²) < 4.78 is 6.92. The molecule has 0 saturated carbocycles. The summed E-state index contributed by atoms with van der Waals surface area (Å²) in [7, 11) is 0. The smallest absolute Gasteiger partial charge is 0.284 e. The van der Waals surface area contributed by atoms with Crippen molar-refractivity contribution in [3.8, 4) is 0 Å². The molecule has 1 aliphatic heterocycles. The predicted octanol–water partition coefficient (Wildman–Crippen LogP) is 6.05. The number of aromatic nitrogens is 2. The van der Waals surface area contributed by atoms with Gasteiger partial charge in [-0.15, -0.1) is 4.68 Å². The van der Waals surface area contributed by atoms with Gasteiger partial charge in [-0.05, 0) is 54.1 Å². The zero-order valence-corrected chi connectivity index (χ0v) is 18.2. The van der Waals surface area contributed by atoms with E-state index in [9.17, 15) is 0 Å². The molecule has 0 saturated heterocycles. The normalized spacial score (nSPS) is 17.9. The summed E-state index contributed by atoms with van der Waals surface area (Å²) in [6, 6.07) is 40.5. The Balaban J connectivity index is 1.78. The summed E-state index contributed by atoms with van der Waals surface area (Å²) >= 11 is 0. The van der Waals surface area contributed by atoms with Gasteiger partial charge in [0.15, 0.2) is 0 Å². The van der Waals surface area contributed by atoms with Gasteiger partial charge in [0.25, 0.3) is 0 Å². The first-order chi connectivity index (χ1) is 16.4. The van der Waals surface area contributed by atoms with Crippen LogP contribution in [0.5, 0.6) is 0 Å². The van der Waals surface area contributed by atoms with Crippen molar-refractivity contribution in [1.82, 2.24) is 9.24 Å². The van der Waals surface area contributed by atoms with E-state index in [1.165, 1.54) is 22.3 Å². The van der Waals surface area contributed by atoms with Crippen LogP contribution in [0.15, 0.2) is 146 Å². The molecule has 3 heteroatoms. The van der Waals surface area contributed by atoms with Crippen molar-refractivity contribution >= 4 is 11.3 Å². The average molecular weight is 427 g/mol. The highest BCUT2D eigenvalue weighted by atomic mass is 15.6. The summed E-state index contributed by atoms with van der Waals surface area (Å²) in [5, 5.41) is 0. The summed E-state index contributed by atoms with van der Waals surface area (Å²) in [5.74, 6) is 0. The summed E-state index contributed by atoms with van der Waals surface area (Å²) in [4.78, 5) is 0. The second-order valence-corrected chi connectivity index (χ2v) is 8.18. The molecule has 0 N–H and O–H groups in total. The lowest BCUT2D eigenvalue weighted by Gasteiger charge is -2.31. The number of nitrogens with zero attached hydrogens (tertiary/aromatic N) is 3. The van der Waals surface area contributed by atoms with Crippen LogP contribution in [-0.4, -0.2) is 19.6 Å². The summed E-state index contributed by atoms with van der Waals surface area (Å²) in [6.07, 6.45) is 10.9. The van der Waals surface area contributed by atoms with Gasteiger partial charge < -0.3 is 0 Å². The van der Waals surface area contributed by atoms with Gasteiger partial charge >= 0.3 is 5.66 Å². The van der Waals surface area contributed by atoms with Crippen molar-refractivity contribution in [2.75, 3.05) is 0 Å². The number of allylic oxidation sites excluding steroid dienone is 1. The molecule has 3 aromatic carbocycles. The molecule has 0 amide bonds. The molecule has 33 heavy (non-hydrogen) atoms. The fourth-order valence-corrected chi connectivity index (χ4v) is 4.95. The van der Waals surface area contributed by atoms with Crippen LogP contribution in [0.25, 0.3) is 5.57 Å². The van der Waals surface area contributed by atoms with Gasteiger partial charge in [-0.3, -0.25) is 4.57 Å². The Hall–Kier alpha value is -4.37. The molecule has 0 aliphatic carbocycles. The zero-order valence-electron chi connectivity index (χ0n) is 18.2. The molecular weight excluding hydrogens is 402 g/mol. The molecule has 5 aromatic rings. The maximum absolute atomic E-state index is 2.40. The van der Waals surface area contributed by atoms with E-state index < -0.39 is 5.66 Å². The van der Waals surface area contributed by atoms with Crippen molar-refractivity contribution in [3.05, 3.63) is 163 Å². The molecule has 0 spiro atoms. The van der Waals surface area contributed by atoms with Crippen molar-refractivity contribution in [2.24, 2.45) is 0 Å². The van der Waals surface area contributed by atoms with Crippen LogP contribution in [0.3, 0.4) is 0 Å². The second kappa shape index (κ2) is 7.95. The third kappa shape index (κ3) is 3.01. The SMILES string of the molecule is C1=C(c2ccccc2)C(c2ccccc2)(n2cccc2)[N+](n2cccc2)=C1c1ccccc1. The van der Waals surface area contributed by atoms with Gasteiger partial charge in [-0.2, -0.15) is 0 Å². The Bertz CT molecular complexity index is 1410. The monoisotopic (exact) mass is 426 g/mol. The number of hydrogen-bond donors (Lipinski definition) is 0. The quantitative estimate of drug-likeness (QED) is 0.303. The molecule has 3 heterocycles. The van der Waals surface area contributed by atoms with Gasteiger partial charge in [0.1, 0.15) is 0 Å². The molecular formula is C30H24N3+. The van der Waals surface area contributed by atoms with Crippen LogP contribution < -0.4 is 0 Å². The third-order valence-corrected chi connectivity index (χ3v) is 6.32. The molecule has 0 bridgehead atoms. The van der Waals surface area contributed by atoms with Crippen LogP contribution in [0.4, 0.5) is 0 Å². The van der Waals surface area contributed by atoms with Crippen LogP contribution in [0.1, 0.15) is 16.7 Å². The minimum atomic E-state index is -0.615. The number of hydrogen-bond acceptors (Lipinski definition) is 0. The van der Waals surface area contributed by atoms with Crippen LogP contribution in [0, 0.1) is 0 Å². The van der Waals surface area contributed by atoms with Gasteiger partial charge in [-0.25, -0.2) is 0 Å². The van der Waals surface area contributed by atoms with Crippen molar-refractivity contribution in [2.45, 2.75) is 5.66 Å². The Morgan fingerprint density at radius 1 is 0.515 bits per heavy atom. The molecule has 1 unspecified atom stereocenters. The first-order valence-corrected chi connectivity index (χ1v) is 11.2. The zero-order chi connectivity index (χ0) is 22.1. The standard InChI is InChI=1S/C30H24N3/c1-4-14-25(15-5-1)28-24-29(26-16-6-2-7-17-26)33(32-22-12-13-23-32)30(28,31-20-10-11-21-31)27-18-8-3-9-19-27/h1-24H/q+1. The topological polar surface area (TPSA) is 12.9 Å². The molecule has 0 fully saturated rings. The van der Waals surface area contributed by atoms with Crippen molar-refractivity contribution < 1.29 is 4.68 Å². The lowest BCUT2D eigenvalue weighted by Crippen LogP contribution is -2.47. The Kier molecular flexibility index (Phi) is 4.66. The maximum Gasteiger partial charge on any atom is 0.324 e. The highest BCUT2D eigenvalue weighted by Crippen LogP contribution is 2.45. The van der Waals surface area contributed by atoms with E-state index in [0.29, 0.717) is 0 Å². The average Bonchev–Trinajstić information content (AvgIpc) is 3.66. The van der Waals surface area contributed by atoms with E-state index in [4.69, 9.17) is 0 Å². The molecule has 158 valence electrons. The Morgan fingerprint density at radius 2 is 1.03 bits per heavy atom. The molecule has 2 aromatic heterocycles. The van der Waals surface area contributed by atoms with Gasteiger partial charge in [0.05, 0.1) is 23.5 Å². The van der Waals surface area contributed by atoms with E-state index in [0.717, 1.165) is 5.71 Å². The highest BCUT2D eigenvalue weighted by molar-refractivity contribution is 6.12. The molecule has 0 radical (unpaired) electrons. The fourth-order valence-electron chi connectivity index (χ4n) is 4.95. The van der Waals surface area contributed by atoms with Gasteiger partial charge in [0.2, 0.25) is 5.71 Å². The van der Waals surface area contributed by atoms with E-state index in [-0.39, 0.29) is 0 Å². The second-order valence-electron chi connectivity index (χ2n) is 8.18. The molecule has 1 atom stereocenters. The van der Waals surface area contributed by atoms with Crippen LogP contribution in [-0.2, 0) is 5.66 Å². The Morgan fingerprint density at radius 3 is 1.64 bits per heavy atom. The lowest BCUT2D eigenvalue weighted by molar-refractivity contribution is -0.655. The molecule has 1 aliphatic rings. The van der Waals surface area contributed by atoms with E-state index in [1.807, 2.05) is 0 Å². The lowest BCUT2D eigenvalue weighted by atomic mass is 9.87. The predicted molar refractivity (Wildman–Crippen MR) is 133 cm³/mol. The number of rotatable bonds is 5. The van der Waals surface area contributed by atoms with Gasteiger partial charge in [0, 0.05) is 24.0 Å². The molecule has 3 nitrogen and oxygen atoms in total. The first kappa shape index (κ1) is 19.3. The van der Waals surface area contributed by atoms with E-state index >= 15 is 0 Å². The largest absolute Gasteiger partial charge is 0.324 e.